The van der Waals surface area contributed by atoms with Crippen LogP contribution in [0.5, 0.6) is 0 Å². The summed E-state index contributed by atoms with van der Waals surface area (Å²) in [5.74, 6) is 0.337. The zero-order chi connectivity index (χ0) is 14.3. The molecule has 1 saturated carbocycles. The van der Waals surface area contributed by atoms with Gasteiger partial charge in [0.1, 0.15) is 6.04 Å². The number of hydrogen-bond donors (Lipinski definition) is 2. The maximum atomic E-state index is 12.6. The number of carbonyl (C=O) groups excluding carboxylic acids is 2. The normalized spacial score (nSPS) is 37.0. The molecule has 0 aromatic carbocycles. The highest BCUT2D eigenvalue weighted by Crippen LogP contribution is 2.37. The monoisotopic (exact) mass is 312 g/mol. The summed E-state index contributed by atoms with van der Waals surface area (Å²) in [4.78, 5) is 25.4. The summed E-state index contributed by atoms with van der Waals surface area (Å²) in [7, 11) is 0. The van der Waals surface area contributed by atoms with Crippen LogP contribution in [-0.2, 0) is 9.59 Å². The van der Waals surface area contributed by atoms with E-state index in [1.54, 1.807) is 4.90 Å². The van der Waals surface area contributed by atoms with Crippen molar-refractivity contribution in [1.29, 1.82) is 5.26 Å². The predicted molar refractivity (Wildman–Crippen MR) is 78.6 cm³/mol. The van der Waals surface area contributed by atoms with Gasteiger partial charge in [-0.3, -0.25) is 9.59 Å². The van der Waals surface area contributed by atoms with E-state index in [-0.39, 0.29) is 54.3 Å². The fourth-order valence-corrected chi connectivity index (χ4v) is 3.94. The third kappa shape index (κ3) is 2.85. The number of amides is 2. The molecule has 2 amide bonds. The minimum atomic E-state index is -0.255. The highest BCUT2D eigenvalue weighted by atomic mass is 35.5. The number of hydrogen-bond acceptors (Lipinski definition) is 4. The maximum absolute atomic E-state index is 12.6. The summed E-state index contributed by atoms with van der Waals surface area (Å²) < 4.78 is 0. The Balaban J connectivity index is 0.00000161. The average Bonchev–Trinajstić information content (AvgIpc) is 3.11. The quantitative estimate of drug-likeness (QED) is 0.761. The molecule has 0 aromatic heterocycles. The second kappa shape index (κ2) is 6.20. The van der Waals surface area contributed by atoms with Gasteiger partial charge in [0.05, 0.1) is 12.1 Å². The Morgan fingerprint density at radius 1 is 1.38 bits per heavy atom. The van der Waals surface area contributed by atoms with E-state index in [1.165, 1.54) is 6.92 Å². The van der Waals surface area contributed by atoms with Crippen molar-refractivity contribution in [1.82, 2.24) is 15.5 Å². The minimum absolute atomic E-state index is 0. The Hall–Kier alpha value is -1.32. The molecule has 0 spiro atoms. The van der Waals surface area contributed by atoms with Crippen LogP contribution >= 0.6 is 12.4 Å². The first kappa shape index (κ1) is 16.1. The molecule has 2 aliphatic heterocycles. The van der Waals surface area contributed by atoms with Gasteiger partial charge in [0.25, 0.3) is 0 Å². The van der Waals surface area contributed by atoms with Crippen LogP contribution in [0, 0.1) is 17.2 Å². The molecule has 2 N–H and O–H groups in total. The van der Waals surface area contributed by atoms with Gasteiger partial charge in [-0.1, -0.05) is 0 Å². The second-order valence-electron chi connectivity index (χ2n) is 6.11. The molecule has 6 nitrogen and oxygen atoms in total. The summed E-state index contributed by atoms with van der Waals surface area (Å²) in [6.45, 7) is 2.22. The molecule has 3 rings (SSSR count). The van der Waals surface area contributed by atoms with E-state index in [0.717, 1.165) is 25.7 Å². The number of likely N-dealkylation sites (tertiary alicyclic amines) is 1. The molecule has 0 unspecified atom stereocenters. The first-order valence-electron chi connectivity index (χ1n) is 7.33. The molecule has 2 bridgehead atoms. The molecule has 3 fully saturated rings. The number of nitriles is 1. The van der Waals surface area contributed by atoms with Crippen LogP contribution in [0.15, 0.2) is 0 Å². The largest absolute Gasteiger partial charge is 0.352 e. The lowest BCUT2D eigenvalue weighted by molar-refractivity contribution is -0.134. The fraction of sp³-hybridized carbons (Fsp3) is 0.786. The van der Waals surface area contributed by atoms with Gasteiger partial charge >= 0.3 is 0 Å². The van der Waals surface area contributed by atoms with Gasteiger partial charge in [-0.05, 0) is 31.6 Å². The summed E-state index contributed by atoms with van der Waals surface area (Å²) in [6, 6.07) is 2.14. The Morgan fingerprint density at radius 3 is 2.71 bits per heavy atom. The van der Waals surface area contributed by atoms with Gasteiger partial charge in [0.2, 0.25) is 11.8 Å². The summed E-state index contributed by atoms with van der Waals surface area (Å²) in [5.41, 5.74) is 0. The van der Waals surface area contributed by atoms with Gasteiger partial charge in [0.15, 0.2) is 0 Å². The van der Waals surface area contributed by atoms with Crippen molar-refractivity contribution in [3.8, 4) is 6.07 Å². The van der Waals surface area contributed by atoms with Crippen molar-refractivity contribution >= 4 is 24.2 Å². The van der Waals surface area contributed by atoms with Gasteiger partial charge in [-0.25, -0.2) is 0 Å². The van der Waals surface area contributed by atoms with E-state index in [9.17, 15) is 9.59 Å². The third-order valence-electron chi connectivity index (χ3n) is 4.80. The van der Waals surface area contributed by atoms with Crippen molar-refractivity contribution < 1.29 is 9.59 Å². The van der Waals surface area contributed by atoms with Crippen LogP contribution in [0.4, 0.5) is 0 Å². The molecule has 0 aromatic rings. The van der Waals surface area contributed by atoms with E-state index in [2.05, 4.69) is 16.7 Å². The molecule has 2 heterocycles. The van der Waals surface area contributed by atoms with Crippen LogP contribution in [0.1, 0.15) is 32.6 Å². The zero-order valence-corrected chi connectivity index (χ0v) is 12.9. The molecule has 1 aliphatic carbocycles. The van der Waals surface area contributed by atoms with Crippen LogP contribution in [-0.4, -0.2) is 47.4 Å². The Morgan fingerprint density at radius 2 is 2.14 bits per heavy atom. The maximum Gasteiger partial charge on any atom is 0.241 e. The second-order valence-corrected chi connectivity index (χ2v) is 6.11. The van der Waals surface area contributed by atoms with Gasteiger partial charge in [0, 0.05) is 25.6 Å². The van der Waals surface area contributed by atoms with Crippen LogP contribution in [0.25, 0.3) is 0 Å². The summed E-state index contributed by atoms with van der Waals surface area (Å²) in [5, 5.41) is 15.4. The zero-order valence-electron chi connectivity index (χ0n) is 12.0. The molecular formula is C14H21ClN4O2. The molecule has 3 aliphatic rings. The lowest BCUT2D eigenvalue weighted by atomic mass is 9.96. The van der Waals surface area contributed by atoms with E-state index in [4.69, 9.17) is 5.26 Å². The van der Waals surface area contributed by atoms with Crippen molar-refractivity contribution in [2.24, 2.45) is 5.92 Å². The van der Waals surface area contributed by atoms with Crippen molar-refractivity contribution in [2.75, 3.05) is 6.54 Å². The number of nitrogens with one attached hydrogen (secondary N) is 2. The third-order valence-corrected chi connectivity index (χ3v) is 4.80. The molecule has 2 saturated heterocycles. The van der Waals surface area contributed by atoms with Crippen molar-refractivity contribution in [3.05, 3.63) is 0 Å². The first-order valence-corrected chi connectivity index (χ1v) is 7.33. The van der Waals surface area contributed by atoms with Crippen LogP contribution in [0.2, 0.25) is 0 Å². The molecule has 0 radical (unpaired) electrons. The number of rotatable bonds is 2. The van der Waals surface area contributed by atoms with E-state index in [0.29, 0.717) is 6.54 Å². The smallest absolute Gasteiger partial charge is 0.241 e. The molecular weight excluding hydrogens is 292 g/mol. The van der Waals surface area contributed by atoms with E-state index in [1.807, 2.05) is 0 Å². The number of fused-ring (bicyclic) bond motifs is 2. The number of piperidine rings is 1. The standard InChI is InChI=1S/C14H20N4O2.ClH/c1-8(19)16-11-5-9-6-12(11)17-13(9)14(20)18-4-2-3-10(18)7-15;/h9-13,17H,2-6H2,1H3,(H,16,19);1H/t9-,10+,11-,12-,13+;/m1./s1. The molecule has 21 heavy (non-hydrogen) atoms. The van der Waals surface area contributed by atoms with Gasteiger partial charge < -0.3 is 15.5 Å². The van der Waals surface area contributed by atoms with Crippen molar-refractivity contribution in [2.45, 2.75) is 56.8 Å². The first-order chi connectivity index (χ1) is 9.60. The van der Waals surface area contributed by atoms with Crippen molar-refractivity contribution in [3.63, 3.8) is 0 Å². The Kier molecular flexibility index (Phi) is 4.74. The minimum Gasteiger partial charge on any atom is -0.352 e. The number of nitrogens with zero attached hydrogens (tertiary/aromatic N) is 2. The van der Waals surface area contributed by atoms with Gasteiger partial charge in [-0.2, -0.15) is 5.26 Å². The fourth-order valence-electron chi connectivity index (χ4n) is 3.94. The topological polar surface area (TPSA) is 85.2 Å². The number of carbonyl (C=O) groups is 2. The Bertz CT molecular complexity index is 478. The highest BCUT2D eigenvalue weighted by Gasteiger charge is 2.50. The Labute approximate surface area is 130 Å². The lowest BCUT2D eigenvalue weighted by Gasteiger charge is -2.32. The van der Waals surface area contributed by atoms with E-state index < -0.39 is 0 Å². The molecule has 7 heteroatoms. The SMILES string of the molecule is CC(=O)N[C@@H]1C[C@@H]2C[C@H]1N[C@@H]2C(=O)N1CCC[C@H]1C#N.Cl. The average molecular weight is 313 g/mol. The highest BCUT2D eigenvalue weighted by molar-refractivity contribution is 5.85. The van der Waals surface area contributed by atoms with Gasteiger partial charge in [-0.15, -0.1) is 12.4 Å². The molecule has 116 valence electrons. The summed E-state index contributed by atoms with van der Waals surface area (Å²) >= 11 is 0. The molecule has 5 atom stereocenters. The van der Waals surface area contributed by atoms with Crippen LogP contribution in [0.3, 0.4) is 0 Å². The predicted octanol–water partition coefficient (Wildman–Crippen LogP) is 0.178. The van der Waals surface area contributed by atoms with Crippen LogP contribution < -0.4 is 10.6 Å². The summed E-state index contributed by atoms with van der Waals surface area (Å²) in [6.07, 6.45) is 3.50. The number of halogens is 1. The lowest BCUT2D eigenvalue weighted by Crippen LogP contribution is -2.56. The van der Waals surface area contributed by atoms with E-state index >= 15 is 0 Å².